The van der Waals surface area contributed by atoms with Crippen LogP contribution < -0.4 is 5.32 Å². The second kappa shape index (κ2) is 7.16. The molecular formula is C23H24N4O3. The number of para-hydroxylation sites is 1. The molecule has 3 heterocycles. The number of nitrogens with one attached hydrogen (secondary N) is 2. The fourth-order valence-electron chi connectivity index (χ4n) is 4.60. The van der Waals surface area contributed by atoms with E-state index in [0.29, 0.717) is 12.1 Å². The Bertz CT molecular complexity index is 1120. The Morgan fingerprint density at radius 3 is 2.67 bits per heavy atom. The maximum atomic E-state index is 12.4. The maximum absolute atomic E-state index is 12.4. The minimum Gasteiger partial charge on any atom is -0.465 e. The van der Waals surface area contributed by atoms with Crippen molar-refractivity contribution in [1.29, 1.82) is 0 Å². The van der Waals surface area contributed by atoms with Gasteiger partial charge in [-0.15, -0.1) is 0 Å². The Hall–Kier alpha value is -3.35. The summed E-state index contributed by atoms with van der Waals surface area (Å²) in [6, 6.07) is 11.1. The van der Waals surface area contributed by atoms with Gasteiger partial charge in [0.1, 0.15) is 11.7 Å². The lowest BCUT2D eigenvalue weighted by atomic mass is 9.89. The summed E-state index contributed by atoms with van der Waals surface area (Å²) < 4.78 is 0. The van der Waals surface area contributed by atoms with Gasteiger partial charge in [0.25, 0.3) is 5.91 Å². The van der Waals surface area contributed by atoms with Crippen molar-refractivity contribution in [3.8, 4) is 0 Å². The monoisotopic (exact) mass is 404 g/mol. The number of carbonyl (C=O) groups excluding carboxylic acids is 1. The number of H-pyrrole nitrogens is 1. The summed E-state index contributed by atoms with van der Waals surface area (Å²) in [6.45, 7) is 1.93. The van der Waals surface area contributed by atoms with E-state index in [1.165, 1.54) is 4.90 Å². The summed E-state index contributed by atoms with van der Waals surface area (Å²) in [7, 11) is 0. The van der Waals surface area contributed by atoms with Gasteiger partial charge in [0.05, 0.1) is 0 Å². The molecule has 1 saturated carbocycles. The second-order valence-corrected chi connectivity index (χ2v) is 8.29. The van der Waals surface area contributed by atoms with Crippen LogP contribution in [0, 0.1) is 0 Å². The SMILES string of the molecule is C[C@H]1Cc2c([nH]c3ccccc23)[C@H](c2ccc(C(=O)NC3CCC3)nc2)N1C(=O)O. The van der Waals surface area contributed by atoms with Crippen LogP contribution in [0.4, 0.5) is 4.79 Å². The molecule has 1 aliphatic heterocycles. The van der Waals surface area contributed by atoms with Gasteiger partial charge in [-0.1, -0.05) is 24.3 Å². The highest BCUT2D eigenvalue weighted by molar-refractivity contribution is 5.92. The van der Waals surface area contributed by atoms with Crippen molar-refractivity contribution >= 4 is 22.9 Å². The highest BCUT2D eigenvalue weighted by Crippen LogP contribution is 2.40. The number of carbonyl (C=O) groups is 2. The topological polar surface area (TPSA) is 98.3 Å². The van der Waals surface area contributed by atoms with Crippen LogP contribution in [0.5, 0.6) is 0 Å². The highest BCUT2D eigenvalue weighted by Gasteiger charge is 2.38. The number of nitrogens with zero attached hydrogens (tertiary/aromatic N) is 2. The van der Waals surface area contributed by atoms with Crippen molar-refractivity contribution in [3.63, 3.8) is 0 Å². The minimum atomic E-state index is -0.969. The number of aromatic amines is 1. The Morgan fingerprint density at radius 2 is 2.00 bits per heavy atom. The summed E-state index contributed by atoms with van der Waals surface area (Å²) in [5.41, 5.74) is 4.12. The van der Waals surface area contributed by atoms with Crippen molar-refractivity contribution in [1.82, 2.24) is 20.2 Å². The Labute approximate surface area is 174 Å². The molecule has 7 nitrogen and oxygen atoms in total. The average molecular weight is 404 g/mol. The molecule has 5 rings (SSSR count). The number of pyridine rings is 1. The highest BCUT2D eigenvalue weighted by atomic mass is 16.4. The summed E-state index contributed by atoms with van der Waals surface area (Å²) in [6.07, 6.45) is 4.49. The van der Waals surface area contributed by atoms with E-state index in [-0.39, 0.29) is 18.0 Å². The first kappa shape index (κ1) is 18.7. The molecule has 2 amide bonds. The molecule has 3 aromatic rings. The zero-order chi connectivity index (χ0) is 20.8. The predicted octanol–water partition coefficient (Wildman–Crippen LogP) is 3.86. The molecule has 0 unspecified atom stereocenters. The molecule has 154 valence electrons. The zero-order valence-corrected chi connectivity index (χ0v) is 16.8. The van der Waals surface area contributed by atoms with E-state index < -0.39 is 12.1 Å². The predicted molar refractivity (Wildman–Crippen MR) is 113 cm³/mol. The number of rotatable bonds is 3. The van der Waals surface area contributed by atoms with Crippen LogP contribution in [0.1, 0.15) is 59.5 Å². The number of carboxylic acid groups (broad SMARTS) is 1. The third-order valence-corrected chi connectivity index (χ3v) is 6.37. The van der Waals surface area contributed by atoms with E-state index in [2.05, 4.69) is 21.4 Å². The van der Waals surface area contributed by atoms with Crippen LogP contribution in [-0.2, 0) is 6.42 Å². The molecule has 30 heavy (non-hydrogen) atoms. The van der Waals surface area contributed by atoms with Crippen LogP contribution in [0.15, 0.2) is 42.6 Å². The smallest absolute Gasteiger partial charge is 0.408 e. The van der Waals surface area contributed by atoms with Crippen LogP contribution >= 0.6 is 0 Å². The van der Waals surface area contributed by atoms with Crippen LogP contribution in [-0.4, -0.2) is 44.1 Å². The lowest BCUT2D eigenvalue weighted by Crippen LogP contribution is -2.45. The molecule has 0 saturated heterocycles. The van der Waals surface area contributed by atoms with Crippen molar-refractivity contribution in [2.45, 2.75) is 50.7 Å². The van der Waals surface area contributed by atoms with Gasteiger partial charge in [-0.05, 0) is 55.9 Å². The third kappa shape index (κ3) is 3.01. The van der Waals surface area contributed by atoms with E-state index >= 15 is 0 Å². The molecule has 3 N–H and O–H groups in total. The van der Waals surface area contributed by atoms with Crippen LogP contribution in [0.25, 0.3) is 10.9 Å². The van der Waals surface area contributed by atoms with Crippen LogP contribution in [0.2, 0.25) is 0 Å². The number of amides is 2. The van der Waals surface area contributed by atoms with E-state index in [9.17, 15) is 14.7 Å². The van der Waals surface area contributed by atoms with Crippen LogP contribution in [0.3, 0.4) is 0 Å². The van der Waals surface area contributed by atoms with E-state index in [0.717, 1.165) is 47.0 Å². The average Bonchev–Trinajstić information content (AvgIpc) is 3.07. The standard InChI is InChI=1S/C23H24N4O3/c1-13-11-17-16-7-2-3-8-18(16)26-20(17)21(27(13)23(29)30)14-9-10-19(24-12-14)22(28)25-15-5-4-6-15/h2-3,7-10,12-13,15,21,26H,4-6,11H2,1H3,(H,25,28)(H,29,30)/t13-,21-/m0/s1. The van der Waals surface area contributed by atoms with Gasteiger partial charge >= 0.3 is 6.09 Å². The lowest BCUT2D eigenvalue weighted by Gasteiger charge is -2.38. The van der Waals surface area contributed by atoms with Crippen molar-refractivity contribution in [3.05, 3.63) is 65.1 Å². The minimum absolute atomic E-state index is 0.176. The Morgan fingerprint density at radius 1 is 1.20 bits per heavy atom. The number of fused-ring (bicyclic) bond motifs is 3. The number of aromatic nitrogens is 2. The largest absolute Gasteiger partial charge is 0.465 e. The summed E-state index contributed by atoms with van der Waals surface area (Å²) in [5, 5.41) is 14.1. The Balaban J connectivity index is 1.54. The van der Waals surface area contributed by atoms with E-state index in [1.54, 1.807) is 12.3 Å². The molecule has 0 spiro atoms. The van der Waals surface area contributed by atoms with Crippen molar-refractivity contribution in [2.24, 2.45) is 0 Å². The molecule has 2 atom stereocenters. The number of hydrogen-bond donors (Lipinski definition) is 3. The molecule has 7 heteroatoms. The van der Waals surface area contributed by atoms with Gasteiger partial charge in [-0.2, -0.15) is 0 Å². The van der Waals surface area contributed by atoms with E-state index in [1.807, 2.05) is 31.2 Å². The fourth-order valence-corrected chi connectivity index (χ4v) is 4.60. The molecule has 0 bridgehead atoms. The molecule has 0 radical (unpaired) electrons. The van der Waals surface area contributed by atoms with Gasteiger partial charge in [0, 0.05) is 34.9 Å². The molecule has 1 aromatic carbocycles. The van der Waals surface area contributed by atoms with Gasteiger partial charge < -0.3 is 15.4 Å². The molecule has 1 fully saturated rings. The van der Waals surface area contributed by atoms with Crippen molar-refractivity contribution in [2.75, 3.05) is 0 Å². The van der Waals surface area contributed by atoms with Gasteiger partial charge in [0.2, 0.25) is 0 Å². The molecule has 2 aromatic heterocycles. The Kier molecular flexibility index (Phi) is 4.46. The van der Waals surface area contributed by atoms with E-state index in [4.69, 9.17) is 0 Å². The first-order valence-corrected chi connectivity index (χ1v) is 10.4. The molecule has 1 aliphatic carbocycles. The second-order valence-electron chi connectivity index (χ2n) is 8.29. The van der Waals surface area contributed by atoms with Gasteiger partial charge in [0.15, 0.2) is 0 Å². The number of hydrogen-bond acceptors (Lipinski definition) is 3. The third-order valence-electron chi connectivity index (χ3n) is 6.37. The quantitative estimate of drug-likeness (QED) is 0.617. The summed E-state index contributed by atoms with van der Waals surface area (Å²) in [5.74, 6) is -0.176. The first-order valence-electron chi connectivity index (χ1n) is 10.4. The summed E-state index contributed by atoms with van der Waals surface area (Å²) in [4.78, 5) is 33.8. The summed E-state index contributed by atoms with van der Waals surface area (Å²) >= 11 is 0. The molecule has 2 aliphatic rings. The van der Waals surface area contributed by atoms with Gasteiger partial charge in [-0.25, -0.2) is 4.79 Å². The first-order chi connectivity index (χ1) is 14.5. The molecular weight excluding hydrogens is 380 g/mol. The lowest BCUT2D eigenvalue weighted by molar-refractivity contribution is 0.0910. The zero-order valence-electron chi connectivity index (χ0n) is 16.8. The van der Waals surface area contributed by atoms with Crippen molar-refractivity contribution < 1.29 is 14.7 Å². The fraction of sp³-hybridized carbons (Fsp3) is 0.348. The maximum Gasteiger partial charge on any atom is 0.408 e. The van der Waals surface area contributed by atoms with Gasteiger partial charge in [-0.3, -0.25) is 14.7 Å². The normalized spacial score (nSPS) is 21.2. The number of benzene rings is 1.